The highest BCUT2D eigenvalue weighted by Gasteiger charge is 2.08. The van der Waals surface area contributed by atoms with Crippen molar-refractivity contribution in [3.05, 3.63) is 14.8 Å². The fraction of sp³-hybridized carbons (Fsp3) is 0.167. The van der Waals surface area contributed by atoms with Gasteiger partial charge in [0.15, 0.2) is 5.75 Å². The molecule has 3 nitrogen and oxygen atoms in total. The first-order valence-electron chi connectivity index (χ1n) is 2.80. The zero-order valence-electron chi connectivity index (χ0n) is 5.77. The SMILES string of the molecule is COc1c(Cl)cnc(N)c1I. The zero-order chi connectivity index (χ0) is 8.43. The second kappa shape index (κ2) is 3.44. The number of halogens is 2. The molecule has 0 saturated carbocycles. The van der Waals surface area contributed by atoms with Crippen LogP contribution in [0.25, 0.3) is 0 Å². The second-order valence-corrected chi connectivity index (χ2v) is 3.32. The van der Waals surface area contributed by atoms with Crippen molar-refractivity contribution in [3.63, 3.8) is 0 Å². The third-order valence-corrected chi connectivity index (χ3v) is 2.47. The van der Waals surface area contributed by atoms with Crippen LogP contribution >= 0.6 is 34.2 Å². The number of pyridine rings is 1. The van der Waals surface area contributed by atoms with E-state index in [1.165, 1.54) is 6.20 Å². The molecule has 1 aromatic heterocycles. The average molecular weight is 284 g/mol. The Bertz CT molecular complexity index is 280. The van der Waals surface area contributed by atoms with Crippen molar-refractivity contribution in [3.8, 4) is 5.75 Å². The van der Waals surface area contributed by atoms with Gasteiger partial charge in [-0.2, -0.15) is 0 Å². The van der Waals surface area contributed by atoms with Gasteiger partial charge in [0.1, 0.15) is 10.8 Å². The van der Waals surface area contributed by atoms with Crippen LogP contribution in [0.3, 0.4) is 0 Å². The Kier molecular flexibility index (Phi) is 2.78. The van der Waals surface area contributed by atoms with Gasteiger partial charge in [0, 0.05) is 0 Å². The summed E-state index contributed by atoms with van der Waals surface area (Å²) in [4.78, 5) is 3.85. The summed E-state index contributed by atoms with van der Waals surface area (Å²) in [6.07, 6.45) is 1.47. The number of hydrogen-bond donors (Lipinski definition) is 1. The highest BCUT2D eigenvalue weighted by Crippen LogP contribution is 2.31. The Hall–Kier alpha value is -0.230. The van der Waals surface area contributed by atoms with E-state index in [4.69, 9.17) is 22.1 Å². The largest absolute Gasteiger partial charge is 0.494 e. The van der Waals surface area contributed by atoms with E-state index in [-0.39, 0.29) is 0 Å². The van der Waals surface area contributed by atoms with Crippen molar-refractivity contribution in [2.75, 3.05) is 12.8 Å². The summed E-state index contributed by atoms with van der Waals surface area (Å²) in [7, 11) is 1.54. The van der Waals surface area contributed by atoms with Crippen molar-refractivity contribution < 1.29 is 4.74 Å². The molecule has 5 heteroatoms. The Morgan fingerprint density at radius 3 is 2.82 bits per heavy atom. The van der Waals surface area contributed by atoms with Gasteiger partial charge in [-0.05, 0) is 22.6 Å². The van der Waals surface area contributed by atoms with E-state index in [1.807, 2.05) is 22.6 Å². The molecule has 0 amide bonds. The van der Waals surface area contributed by atoms with Gasteiger partial charge in [0.2, 0.25) is 0 Å². The number of hydrogen-bond acceptors (Lipinski definition) is 3. The summed E-state index contributed by atoms with van der Waals surface area (Å²) in [5.74, 6) is 1.02. The van der Waals surface area contributed by atoms with Crippen molar-refractivity contribution in [2.45, 2.75) is 0 Å². The van der Waals surface area contributed by atoms with Crippen LogP contribution < -0.4 is 10.5 Å². The molecule has 0 aliphatic carbocycles. The van der Waals surface area contributed by atoms with Crippen LogP contribution in [0.1, 0.15) is 0 Å². The molecule has 1 rings (SSSR count). The summed E-state index contributed by atoms with van der Waals surface area (Å²) in [5.41, 5.74) is 5.51. The molecule has 0 bridgehead atoms. The van der Waals surface area contributed by atoms with Gasteiger partial charge in [-0.15, -0.1) is 0 Å². The lowest BCUT2D eigenvalue weighted by Gasteiger charge is -2.05. The zero-order valence-corrected chi connectivity index (χ0v) is 8.68. The Labute approximate surface area is 83.0 Å². The van der Waals surface area contributed by atoms with Gasteiger partial charge in [0.25, 0.3) is 0 Å². The van der Waals surface area contributed by atoms with E-state index >= 15 is 0 Å². The van der Waals surface area contributed by atoms with E-state index in [0.29, 0.717) is 16.6 Å². The van der Waals surface area contributed by atoms with E-state index in [2.05, 4.69) is 4.98 Å². The molecule has 0 fully saturated rings. The maximum Gasteiger partial charge on any atom is 0.156 e. The Balaban J connectivity index is 3.29. The number of ether oxygens (including phenoxy) is 1. The molecule has 0 saturated heterocycles. The number of nitrogens with two attached hydrogens (primary N) is 1. The van der Waals surface area contributed by atoms with Crippen LogP contribution in [0.2, 0.25) is 5.02 Å². The molecule has 0 aliphatic rings. The number of nitrogen functional groups attached to an aromatic ring is 1. The molecular weight excluding hydrogens is 278 g/mol. The van der Waals surface area contributed by atoms with E-state index in [9.17, 15) is 0 Å². The monoisotopic (exact) mass is 284 g/mol. The first-order valence-corrected chi connectivity index (χ1v) is 4.26. The topological polar surface area (TPSA) is 48.1 Å². The molecule has 0 unspecified atom stereocenters. The van der Waals surface area contributed by atoms with E-state index in [0.717, 1.165) is 3.57 Å². The number of methoxy groups -OCH3 is 1. The first-order chi connectivity index (χ1) is 5.16. The van der Waals surface area contributed by atoms with Crippen LogP contribution in [0.4, 0.5) is 5.82 Å². The Morgan fingerprint density at radius 1 is 1.73 bits per heavy atom. The molecule has 2 N–H and O–H groups in total. The molecule has 0 aliphatic heterocycles. The third-order valence-electron chi connectivity index (χ3n) is 1.16. The van der Waals surface area contributed by atoms with Crippen molar-refractivity contribution >= 4 is 40.0 Å². The van der Waals surface area contributed by atoms with Gasteiger partial charge in [-0.1, -0.05) is 11.6 Å². The van der Waals surface area contributed by atoms with Crippen LogP contribution in [-0.2, 0) is 0 Å². The average Bonchev–Trinajstić information content (AvgIpc) is 1.99. The van der Waals surface area contributed by atoms with Gasteiger partial charge in [0.05, 0.1) is 16.9 Å². The lowest BCUT2D eigenvalue weighted by Crippen LogP contribution is -1.97. The van der Waals surface area contributed by atoms with Crippen molar-refractivity contribution in [1.82, 2.24) is 4.98 Å². The fourth-order valence-corrected chi connectivity index (χ4v) is 1.68. The number of nitrogens with zero attached hydrogens (tertiary/aromatic N) is 1. The predicted octanol–water partition coefficient (Wildman–Crippen LogP) is 1.93. The summed E-state index contributed by atoms with van der Waals surface area (Å²) < 4.78 is 5.74. The maximum absolute atomic E-state index is 5.75. The molecule has 0 atom stereocenters. The third kappa shape index (κ3) is 1.67. The maximum atomic E-state index is 5.75. The van der Waals surface area contributed by atoms with Crippen molar-refractivity contribution in [1.29, 1.82) is 0 Å². The quantitative estimate of drug-likeness (QED) is 0.802. The van der Waals surface area contributed by atoms with E-state index in [1.54, 1.807) is 7.11 Å². The summed E-state index contributed by atoms with van der Waals surface area (Å²) in [5, 5.41) is 0.478. The van der Waals surface area contributed by atoms with Crippen LogP contribution in [0, 0.1) is 3.57 Å². The van der Waals surface area contributed by atoms with Gasteiger partial charge < -0.3 is 10.5 Å². The Morgan fingerprint density at radius 2 is 2.36 bits per heavy atom. The molecular formula is C6H6ClIN2O. The fourth-order valence-electron chi connectivity index (χ4n) is 0.650. The molecule has 1 heterocycles. The van der Waals surface area contributed by atoms with Gasteiger partial charge in [-0.3, -0.25) is 0 Å². The van der Waals surface area contributed by atoms with E-state index < -0.39 is 0 Å². The second-order valence-electron chi connectivity index (χ2n) is 1.84. The lowest BCUT2D eigenvalue weighted by atomic mass is 10.4. The molecule has 1 aromatic rings. The highest BCUT2D eigenvalue weighted by molar-refractivity contribution is 14.1. The molecule has 11 heavy (non-hydrogen) atoms. The molecule has 60 valence electrons. The standard InChI is InChI=1S/C6H6ClIN2O/c1-11-5-3(7)2-10-6(9)4(5)8/h2H,1H3,(H2,9,10). The normalized spacial score (nSPS) is 9.73. The molecule has 0 spiro atoms. The lowest BCUT2D eigenvalue weighted by molar-refractivity contribution is 0.412. The molecule has 0 aromatic carbocycles. The van der Waals surface area contributed by atoms with Gasteiger partial charge >= 0.3 is 0 Å². The predicted molar refractivity (Wildman–Crippen MR) is 52.9 cm³/mol. The van der Waals surface area contributed by atoms with Gasteiger partial charge in [-0.25, -0.2) is 4.98 Å². The minimum Gasteiger partial charge on any atom is -0.494 e. The first kappa shape index (κ1) is 8.86. The van der Waals surface area contributed by atoms with Crippen LogP contribution in [0.5, 0.6) is 5.75 Å². The summed E-state index contributed by atoms with van der Waals surface area (Å²) in [6.45, 7) is 0. The number of anilines is 1. The summed E-state index contributed by atoms with van der Waals surface area (Å²) >= 11 is 7.79. The minimum absolute atomic E-state index is 0.437. The van der Waals surface area contributed by atoms with Crippen molar-refractivity contribution in [2.24, 2.45) is 0 Å². The highest BCUT2D eigenvalue weighted by atomic mass is 127. The number of rotatable bonds is 1. The van der Waals surface area contributed by atoms with Crippen LogP contribution in [-0.4, -0.2) is 12.1 Å². The smallest absolute Gasteiger partial charge is 0.156 e. The summed E-state index contributed by atoms with van der Waals surface area (Å²) in [6, 6.07) is 0. The minimum atomic E-state index is 0.437. The van der Waals surface area contributed by atoms with Crippen LogP contribution in [0.15, 0.2) is 6.20 Å². The number of aromatic nitrogens is 1. The molecule has 0 radical (unpaired) electrons.